The van der Waals surface area contributed by atoms with Crippen LogP contribution in [0.25, 0.3) is 0 Å². The SMILES string of the molecule is CN1C(=O)C(C(OC2OC(CN)C(O)C2O)C2OC(n3ccc(=O)[nH]c3=O)C(O)C2O)N(C)CC=C1C(=O)O. The largest absolute Gasteiger partial charge is 0.477 e. The monoisotopic (exact) mass is 557 g/mol. The van der Waals surface area contributed by atoms with Gasteiger partial charge in [0.05, 0.1) is 0 Å². The summed E-state index contributed by atoms with van der Waals surface area (Å²) in [4.78, 5) is 53.4. The standard InChI is InChI=1S/C22H31N5O12/c1-25-5-3-8(20(34)35)26(2)18(33)11(25)16(39-21-15(32)12(29)9(7-23)37-21)17-13(30)14(31)19(38-17)27-6-4-10(28)24-22(27)36/h3-4,6,9,11-17,19,21,29-32H,5,7,23H2,1-2H3,(H,34,35)(H,24,28,36). The fraction of sp³-hybridized carbons (Fsp3) is 0.636. The van der Waals surface area contributed by atoms with Gasteiger partial charge in [0, 0.05) is 32.4 Å². The first-order chi connectivity index (χ1) is 18.4. The molecular formula is C22H31N5O12. The number of carboxylic acids is 1. The summed E-state index contributed by atoms with van der Waals surface area (Å²) in [6.45, 7) is -0.253. The highest BCUT2D eigenvalue weighted by atomic mass is 16.7. The number of nitrogens with one attached hydrogen (secondary N) is 1. The molecule has 3 aliphatic rings. The number of aliphatic hydroxyl groups excluding tert-OH is 4. The van der Waals surface area contributed by atoms with Crippen LogP contribution in [0.4, 0.5) is 0 Å². The van der Waals surface area contributed by atoms with Gasteiger partial charge in [-0.3, -0.25) is 24.0 Å². The zero-order chi connectivity index (χ0) is 28.8. The molecule has 1 aromatic rings. The Morgan fingerprint density at radius 3 is 2.41 bits per heavy atom. The van der Waals surface area contributed by atoms with E-state index in [1.165, 1.54) is 25.1 Å². The number of hydrogen-bond acceptors (Lipinski definition) is 13. The molecule has 8 N–H and O–H groups in total. The number of hydrogen-bond donors (Lipinski definition) is 7. The topological polar surface area (TPSA) is 250 Å². The summed E-state index contributed by atoms with van der Waals surface area (Å²) in [7, 11) is 2.70. The van der Waals surface area contributed by atoms with E-state index >= 15 is 0 Å². The number of likely N-dealkylation sites (N-methyl/N-ethyl adjacent to an activating group) is 2. The second kappa shape index (κ2) is 11.2. The van der Waals surface area contributed by atoms with Crippen LogP contribution in [-0.2, 0) is 23.8 Å². The van der Waals surface area contributed by atoms with Crippen molar-refractivity contribution < 1.29 is 49.3 Å². The molecule has 1 aromatic heterocycles. The Kier molecular flexibility index (Phi) is 8.36. The van der Waals surface area contributed by atoms with Gasteiger partial charge in [0.2, 0.25) is 5.91 Å². The van der Waals surface area contributed by atoms with Gasteiger partial charge in [0.25, 0.3) is 5.56 Å². The van der Waals surface area contributed by atoms with Crippen LogP contribution in [0.15, 0.2) is 33.6 Å². The van der Waals surface area contributed by atoms with Gasteiger partial charge in [-0.1, -0.05) is 0 Å². The minimum atomic E-state index is -1.78. The lowest BCUT2D eigenvalue weighted by molar-refractivity contribution is -0.232. The summed E-state index contributed by atoms with van der Waals surface area (Å²) >= 11 is 0. The van der Waals surface area contributed by atoms with Gasteiger partial charge in [-0.2, -0.15) is 0 Å². The first-order valence-corrected chi connectivity index (χ1v) is 12.0. The van der Waals surface area contributed by atoms with Crippen LogP contribution in [0, 0.1) is 0 Å². The van der Waals surface area contributed by atoms with E-state index in [0.717, 1.165) is 21.7 Å². The van der Waals surface area contributed by atoms with Crippen molar-refractivity contribution in [3.8, 4) is 0 Å². The molecule has 3 aliphatic heterocycles. The average molecular weight is 558 g/mol. The number of nitrogens with two attached hydrogens (primary N) is 1. The summed E-state index contributed by atoms with van der Waals surface area (Å²) in [5.41, 5.74) is 3.60. The molecule has 10 unspecified atom stereocenters. The van der Waals surface area contributed by atoms with Crippen LogP contribution in [0.2, 0.25) is 0 Å². The maximum atomic E-state index is 13.6. The normalized spacial score (nSPS) is 36.6. The lowest BCUT2D eigenvalue weighted by atomic mass is 9.97. The second-order valence-electron chi connectivity index (χ2n) is 9.53. The third kappa shape index (κ3) is 5.28. The van der Waals surface area contributed by atoms with Crippen molar-refractivity contribution in [1.82, 2.24) is 19.4 Å². The second-order valence-corrected chi connectivity index (χ2v) is 9.53. The highest BCUT2D eigenvalue weighted by Gasteiger charge is 2.55. The van der Waals surface area contributed by atoms with Crippen molar-refractivity contribution in [2.75, 3.05) is 27.2 Å². The predicted octanol–water partition coefficient (Wildman–Crippen LogP) is -5.31. The highest BCUT2D eigenvalue weighted by Crippen LogP contribution is 2.36. The number of carboxylic acid groups (broad SMARTS) is 1. The molecule has 4 rings (SSSR count). The van der Waals surface area contributed by atoms with E-state index in [9.17, 15) is 44.7 Å². The summed E-state index contributed by atoms with van der Waals surface area (Å²) in [5.74, 6) is -2.17. The molecule has 0 aromatic carbocycles. The number of carbonyl (C=O) groups excluding carboxylic acids is 1. The predicted molar refractivity (Wildman–Crippen MR) is 127 cm³/mol. The number of nitrogens with zero attached hydrogens (tertiary/aromatic N) is 3. The number of ether oxygens (including phenoxy) is 3. The number of aromatic amines is 1. The molecule has 39 heavy (non-hydrogen) atoms. The molecule has 216 valence electrons. The van der Waals surface area contributed by atoms with E-state index in [2.05, 4.69) is 0 Å². The Balaban J connectivity index is 1.73. The lowest BCUT2D eigenvalue weighted by Crippen LogP contribution is -2.59. The summed E-state index contributed by atoms with van der Waals surface area (Å²) in [6, 6.07) is -0.385. The Bertz CT molecular complexity index is 1230. The first-order valence-electron chi connectivity index (χ1n) is 12.0. The van der Waals surface area contributed by atoms with Gasteiger partial charge in [0.15, 0.2) is 12.5 Å². The number of amides is 1. The van der Waals surface area contributed by atoms with Crippen LogP contribution in [0.3, 0.4) is 0 Å². The smallest absolute Gasteiger partial charge is 0.352 e. The number of rotatable bonds is 7. The van der Waals surface area contributed by atoms with Crippen molar-refractivity contribution in [1.29, 1.82) is 0 Å². The number of aliphatic carboxylic acids is 1. The van der Waals surface area contributed by atoms with Gasteiger partial charge in [-0.15, -0.1) is 0 Å². The van der Waals surface area contributed by atoms with E-state index in [-0.39, 0.29) is 18.8 Å². The Labute approximate surface area is 220 Å². The third-order valence-corrected chi connectivity index (χ3v) is 7.09. The Morgan fingerprint density at radius 1 is 1.13 bits per heavy atom. The molecule has 2 fully saturated rings. The molecule has 0 saturated carbocycles. The van der Waals surface area contributed by atoms with E-state index < -0.39 is 84.4 Å². The summed E-state index contributed by atoms with van der Waals surface area (Å²) in [6.07, 6.45) is -11.5. The van der Waals surface area contributed by atoms with Crippen molar-refractivity contribution in [2.24, 2.45) is 5.73 Å². The van der Waals surface area contributed by atoms with Gasteiger partial charge in [0.1, 0.15) is 54.5 Å². The quantitative estimate of drug-likeness (QED) is 0.165. The van der Waals surface area contributed by atoms with Crippen molar-refractivity contribution in [2.45, 2.75) is 61.3 Å². The summed E-state index contributed by atoms with van der Waals surface area (Å²) < 4.78 is 18.1. The molecule has 17 nitrogen and oxygen atoms in total. The molecule has 4 heterocycles. The molecule has 0 radical (unpaired) electrons. The lowest BCUT2D eigenvalue weighted by Gasteiger charge is -2.38. The summed E-state index contributed by atoms with van der Waals surface area (Å²) in [5, 5.41) is 52.1. The number of aliphatic hydroxyl groups is 4. The molecule has 10 atom stereocenters. The Hall–Kier alpha value is -3.00. The van der Waals surface area contributed by atoms with E-state index in [0.29, 0.717) is 0 Å². The van der Waals surface area contributed by atoms with Gasteiger partial charge in [-0.05, 0) is 13.1 Å². The van der Waals surface area contributed by atoms with Crippen molar-refractivity contribution in [3.63, 3.8) is 0 Å². The maximum Gasteiger partial charge on any atom is 0.352 e. The van der Waals surface area contributed by atoms with E-state index in [1.807, 2.05) is 4.98 Å². The number of H-pyrrole nitrogens is 1. The molecule has 2 saturated heterocycles. The van der Waals surface area contributed by atoms with Crippen LogP contribution < -0.4 is 17.0 Å². The minimum Gasteiger partial charge on any atom is -0.477 e. The van der Waals surface area contributed by atoms with Crippen LogP contribution in [-0.4, -0.2) is 139 Å². The Morgan fingerprint density at radius 2 is 1.82 bits per heavy atom. The zero-order valence-corrected chi connectivity index (χ0v) is 20.9. The molecule has 17 heteroatoms. The zero-order valence-electron chi connectivity index (χ0n) is 20.9. The van der Waals surface area contributed by atoms with E-state index in [1.54, 1.807) is 0 Å². The highest BCUT2D eigenvalue weighted by molar-refractivity contribution is 5.95. The van der Waals surface area contributed by atoms with Crippen LogP contribution >= 0.6 is 0 Å². The maximum absolute atomic E-state index is 13.6. The van der Waals surface area contributed by atoms with Crippen molar-refractivity contribution >= 4 is 11.9 Å². The van der Waals surface area contributed by atoms with Gasteiger partial charge < -0.3 is 50.4 Å². The third-order valence-electron chi connectivity index (χ3n) is 7.09. The number of aromatic nitrogens is 2. The fourth-order valence-electron chi connectivity index (χ4n) is 4.93. The van der Waals surface area contributed by atoms with E-state index in [4.69, 9.17) is 19.9 Å². The van der Waals surface area contributed by atoms with Crippen LogP contribution in [0.1, 0.15) is 6.23 Å². The minimum absolute atomic E-state index is 0.0709. The van der Waals surface area contributed by atoms with Crippen molar-refractivity contribution in [3.05, 3.63) is 44.9 Å². The molecule has 1 amide bonds. The average Bonchev–Trinajstić information content (AvgIpc) is 3.28. The molecule has 0 bridgehead atoms. The van der Waals surface area contributed by atoms with Crippen LogP contribution in [0.5, 0.6) is 0 Å². The fourth-order valence-corrected chi connectivity index (χ4v) is 4.93. The first kappa shape index (κ1) is 29.0. The molecule has 0 aliphatic carbocycles. The molecule has 0 spiro atoms. The van der Waals surface area contributed by atoms with Gasteiger partial charge >= 0.3 is 11.7 Å². The van der Waals surface area contributed by atoms with Gasteiger partial charge in [-0.25, -0.2) is 9.59 Å². The number of carbonyl (C=O) groups is 2. The molecular weight excluding hydrogens is 526 g/mol.